The van der Waals surface area contributed by atoms with Crippen LogP contribution in [0, 0.1) is 6.92 Å². The first-order chi connectivity index (χ1) is 9.66. The molecular weight excluding hydrogens is 274 g/mol. The quantitative estimate of drug-likeness (QED) is 0.870. The van der Waals surface area contributed by atoms with E-state index in [2.05, 4.69) is 10.2 Å². The number of furan rings is 1. The standard InChI is InChI=1S/C14H17N3O2S/c1-9-10(7-8-19-9)13-15-16-14(17(13)2)20-12-6-4-3-5-11(12)18/h7-8,12H,3-6H2,1-2H3/t12-/m1/s1. The lowest BCUT2D eigenvalue weighted by Gasteiger charge is -2.19. The first-order valence-electron chi connectivity index (χ1n) is 6.80. The fraction of sp³-hybridized carbons (Fsp3) is 0.500. The van der Waals surface area contributed by atoms with E-state index in [0.29, 0.717) is 12.2 Å². The van der Waals surface area contributed by atoms with E-state index < -0.39 is 0 Å². The van der Waals surface area contributed by atoms with Gasteiger partial charge < -0.3 is 8.98 Å². The molecule has 3 rings (SSSR count). The van der Waals surface area contributed by atoms with E-state index in [4.69, 9.17) is 4.42 Å². The number of thioether (sulfide) groups is 1. The Balaban J connectivity index is 1.84. The highest BCUT2D eigenvalue weighted by molar-refractivity contribution is 8.00. The van der Waals surface area contributed by atoms with E-state index in [9.17, 15) is 4.79 Å². The molecule has 1 aliphatic carbocycles. The van der Waals surface area contributed by atoms with Crippen molar-refractivity contribution < 1.29 is 9.21 Å². The number of ketones is 1. The highest BCUT2D eigenvalue weighted by Gasteiger charge is 2.26. The van der Waals surface area contributed by atoms with Crippen LogP contribution in [0.1, 0.15) is 31.4 Å². The number of Topliss-reactive ketones (excluding diaryl/α,β-unsaturated/α-hetero) is 1. The number of aromatic nitrogens is 3. The molecule has 0 radical (unpaired) electrons. The van der Waals surface area contributed by atoms with Crippen molar-refractivity contribution in [2.45, 2.75) is 43.0 Å². The molecular formula is C14H17N3O2S. The Morgan fingerprint density at radius 2 is 2.25 bits per heavy atom. The highest BCUT2D eigenvalue weighted by Crippen LogP contribution is 2.32. The summed E-state index contributed by atoms with van der Waals surface area (Å²) in [5.74, 6) is 1.94. The van der Waals surface area contributed by atoms with Crippen LogP contribution in [0.25, 0.3) is 11.4 Å². The van der Waals surface area contributed by atoms with Gasteiger partial charge in [0.1, 0.15) is 11.5 Å². The minimum Gasteiger partial charge on any atom is -0.469 e. The summed E-state index contributed by atoms with van der Waals surface area (Å²) in [7, 11) is 1.93. The molecule has 2 aromatic rings. The van der Waals surface area contributed by atoms with Crippen molar-refractivity contribution in [3.05, 3.63) is 18.1 Å². The molecule has 1 atom stereocenters. The number of aryl methyl sites for hydroxylation is 1. The van der Waals surface area contributed by atoms with Crippen molar-refractivity contribution in [1.82, 2.24) is 14.8 Å². The van der Waals surface area contributed by atoms with Crippen LogP contribution in [0.5, 0.6) is 0 Å². The van der Waals surface area contributed by atoms with E-state index >= 15 is 0 Å². The first-order valence-corrected chi connectivity index (χ1v) is 7.68. The normalized spacial score (nSPS) is 19.5. The van der Waals surface area contributed by atoms with E-state index in [1.54, 1.807) is 6.26 Å². The molecule has 0 spiro atoms. The zero-order valence-corrected chi connectivity index (χ0v) is 12.4. The number of hydrogen-bond donors (Lipinski definition) is 0. The number of hydrogen-bond acceptors (Lipinski definition) is 5. The molecule has 0 aromatic carbocycles. The minimum atomic E-state index is 0.0324. The van der Waals surface area contributed by atoms with Gasteiger partial charge in [-0.1, -0.05) is 18.2 Å². The Hall–Kier alpha value is -1.56. The van der Waals surface area contributed by atoms with Crippen LogP contribution in [0.3, 0.4) is 0 Å². The molecule has 106 valence electrons. The fourth-order valence-corrected chi connectivity index (χ4v) is 3.59. The zero-order chi connectivity index (χ0) is 14.1. The van der Waals surface area contributed by atoms with Crippen LogP contribution in [0.4, 0.5) is 0 Å². The average molecular weight is 291 g/mol. The van der Waals surface area contributed by atoms with Crippen LogP contribution in [0.2, 0.25) is 0 Å². The lowest BCUT2D eigenvalue weighted by molar-refractivity contribution is -0.119. The van der Waals surface area contributed by atoms with Crippen LogP contribution in [-0.4, -0.2) is 25.8 Å². The molecule has 1 aliphatic rings. The van der Waals surface area contributed by atoms with Crippen LogP contribution < -0.4 is 0 Å². The monoisotopic (exact) mass is 291 g/mol. The zero-order valence-electron chi connectivity index (χ0n) is 11.6. The summed E-state index contributed by atoms with van der Waals surface area (Å²) in [6.07, 6.45) is 5.43. The number of rotatable bonds is 3. The SMILES string of the molecule is Cc1occc1-c1nnc(S[C@@H]2CCCCC2=O)n1C. The average Bonchev–Trinajstić information content (AvgIpc) is 3.00. The van der Waals surface area contributed by atoms with Gasteiger partial charge in [-0.15, -0.1) is 10.2 Å². The molecule has 0 N–H and O–H groups in total. The maximum Gasteiger partial charge on any atom is 0.191 e. The summed E-state index contributed by atoms with van der Waals surface area (Å²) < 4.78 is 7.24. The smallest absolute Gasteiger partial charge is 0.191 e. The van der Waals surface area contributed by atoms with Gasteiger partial charge >= 0.3 is 0 Å². The summed E-state index contributed by atoms with van der Waals surface area (Å²) in [4.78, 5) is 11.9. The molecule has 20 heavy (non-hydrogen) atoms. The summed E-state index contributed by atoms with van der Waals surface area (Å²) in [6, 6.07) is 1.89. The van der Waals surface area contributed by atoms with Crippen molar-refractivity contribution in [2.24, 2.45) is 7.05 Å². The molecule has 0 aliphatic heterocycles. The molecule has 0 unspecified atom stereocenters. The molecule has 2 aromatic heterocycles. The Morgan fingerprint density at radius 3 is 2.95 bits per heavy atom. The molecule has 6 heteroatoms. The number of carbonyl (C=O) groups excluding carboxylic acids is 1. The molecule has 0 bridgehead atoms. The molecule has 1 fully saturated rings. The van der Waals surface area contributed by atoms with E-state index in [1.165, 1.54) is 11.8 Å². The maximum absolute atomic E-state index is 11.9. The second kappa shape index (κ2) is 5.44. The van der Waals surface area contributed by atoms with Crippen LogP contribution >= 0.6 is 11.8 Å². The van der Waals surface area contributed by atoms with Gasteiger partial charge in [-0.3, -0.25) is 4.79 Å². The molecule has 5 nitrogen and oxygen atoms in total. The minimum absolute atomic E-state index is 0.0324. The predicted octanol–water partition coefficient (Wildman–Crippen LogP) is 2.99. The molecule has 2 heterocycles. The first kappa shape index (κ1) is 13.4. The second-order valence-electron chi connectivity index (χ2n) is 5.07. The topological polar surface area (TPSA) is 60.9 Å². The summed E-state index contributed by atoms with van der Waals surface area (Å²) in [5.41, 5.74) is 0.946. The van der Waals surface area contributed by atoms with Crippen molar-refractivity contribution in [3.8, 4) is 11.4 Å². The van der Waals surface area contributed by atoms with Gasteiger partial charge in [-0.2, -0.15) is 0 Å². The largest absolute Gasteiger partial charge is 0.469 e. The van der Waals surface area contributed by atoms with Gasteiger partial charge in [-0.25, -0.2) is 0 Å². The molecule has 1 saturated carbocycles. The Morgan fingerprint density at radius 1 is 1.40 bits per heavy atom. The predicted molar refractivity (Wildman–Crippen MR) is 76.6 cm³/mol. The van der Waals surface area contributed by atoms with Gasteiger partial charge in [0, 0.05) is 13.5 Å². The van der Waals surface area contributed by atoms with Gasteiger partial charge in [0.15, 0.2) is 11.0 Å². The van der Waals surface area contributed by atoms with Crippen molar-refractivity contribution in [3.63, 3.8) is 0 Å². The van der Waals surface area contributed by atoms with Gasteiger partial charge in [0.25, 0.3) is 0 Å². The summed E-state index contributed by atoms with van der Waals surface area (Å²) in [6.45, 7) is 1.90. The number of carbonyl (C=O) groups is 1. The Bertz CT molecular complexity index is 632. The van der Waals surface area contributed by atoms with Gasteiger partial charge in [-0.05, 0) is 25.8 Å². The van der Waals surface area contributed by atoms with Crippen molar-refractivity contribution in [1.29, 1.82) is 0 Å². The Labute approximate surface area is 121 Å². The van der Waals surface area contributed by atoms with Gasteiger partial charge in [0.2, 0.25) is 0 Å². The third-order valence-electron chi connectivity index (χ3n) is 3.68. The summed E-state index contributed by atoms with van der Waals surface area (Å²) >= 11 is 1.53. The van der Waals surface area contributed by atoms with E-state index in [-0.39, 0.29) is 5.25 Å². The second-order valence-corrected chi connectivity index (χ2v) is 6.24. The fourth-order valence-electron chi connectivity index (χ4n) is 2.47. The highest BCUT2D eigenvalue weighted by atomic mass is 32.2. The Kier molecular flexibility index (Phi) is 3.65. The molecule has 0 amide bonds. The van der Waals surface area contributed by atoms with E-state index in [0.717, 1.165) is 41.6 Å². The van der Waals surface area contributed by atoms with Crippen molar-refractivity contribution >= 4 is 17.5 Å². The van der Waals surface area contributed by atoms with Gasteiger partial charge in [0.05, 0.1) is 17.1 Å². The molecule has 0 saturated heterocycles. The number of nitrogens with zero attached hydrogens (tertiary/aromatic N) is 3. The van der Waals surface area contributed by atoms with Crippen LogP contribution in [-0.2, 0) is 11.8 Å². The maximum atomic E-state index is 11.9. The third kappa shape index (κ3) is 2.40. The van der Waals surface area contributed by atoms with E-state index in [1.807, 2.05) is 24.6 Å². The lowest BCUT2D eigenvalue weighted by atomic mass is 9.99. The lowest BCUT2D eigenvalue weighted by Crippen LogP contribution is -2.21. The summed E-state index contributed by atoms with van der Waals surface area (Å²) in [5, 5.41) is 9.28. The third-order valence-corrected chi connectivity index (χ3v) is 5.03. The van der Waals surface area contributed by atoms with Crippen molar-refractivity contribution in [2.75, 3.05) is 0 Å². The van der Waals surface area contributed by atoms with Crippen LogP contribution in [0.15, 0.2) is 21.9 Å².